The van der Waals surface area contributed by atoms with Gasteiger partial charge in [-0.05, 0) is 80.5 Å². The first-order valence-corrected chi connectivity index (χ1v) is 12.3. The Morgan fingerprint density at radius 2 is 1.94 bits per heavy atom. The minimum atomic E-state index is -0.294. The number of hydrogen-bond donors (Lipinski definition) is 2. The Kier molecular flexibility index (Phi) is 6.57. The number of nitrogens with one attached hydrogen (secondary N) is 2. The van der Waals surface area contributed by atoms with E-state index in [1.165, 1.54) is 35.2 Å². The number of benzene rings is 2. The van der Waals surface area contributed by atoms with Crippen molar-refractivity contribution < 1.29 is 9.18 Å². The van der Waals surface area contributed by atoms with Crippen molar-refractivity contribution in [2.45, 2.75) is 10.1 Å². The van der Waals surface area contributed by atoms with Crippen LogP contribution in [0, 0.1) is 5.82 Å². The molecule has 0 unspecified atom stereocenters. The molecule has 2 amide bonds. The second-order valence-corrected chi connectivity index (χ2v) is 9.98. The Bertz CT molecular complexity index is 1500. The van der Waals surface area contributed by atoms with Crippen molar-refractivity contribution in [2.75, 3.05) is 32.5 Å². The van der Waals surface area contributed by atoms with Crippen molar-refractivity contribution in [3.8, 4) is 11.3 Å². The van der Waals surface area contributed by atoms with Gasteiger partial charge in [0.25, 0.3) is 0 Å². The second kappa shape index (κ2) is 9.94. The number of carbonyl (C=O) groups is 1. The number of rotatable bonds is 7. The molecule has 3 heterocycles. The Morgan fingerprint density at radius 3 is 2.74 bits per heavy atom. The third kappa shape index (κ3) is 5.39. The lowest BCUT2D eigenvalue weighted by molar-refractivity contribution is 0.250. The molecule has 35 heavy (non-hydrogen) atoms. The highest BCUT2D eigenvalue weighted by Gasteiger charge is 2.13. The minimum Gasteiger partial charge on any atom is -0.337 e. The third-order valence-corrected chi connectivity index (χ3v) is 6.87. The first-order chi connectivity index (χ1) is 16.9. The molecule has 3 aromatic heterocycles. The van der Waals surface area contributed by atoms with Crippen LogP contribution in [0.1, 0.15) is 0 Å². The van der Waals surface area contributed by atoms with E-state index in [0.717, 1.165) is 27.2 Å². The summed E-state index contributed by atoms with van der Waals surface area (Å²) in [6, 6.07) is 15.4. The molecule has 5 aromatic rings. The van der Waals surface area contributed by atoms with E-state index in [9.17, 15) is 9.18 Å². The SMILES string of the molecule is CN(C)CCNC(=O)Nc1nc2ccc(Sc3nnc4ccc(-c5ccc(F)cc5)nn34)cc2s1. The van der Waals surface area contributed by atoms with E-state index in [2.05, 4.69) is 30.9 Å². The molecule has 0 aliphatic heterocycles. The van der Waals surface area contributed by atoms with Gasteiger partial charge in [-0.15, -0.1) is 10.2 Å². The Hall–Kier alpha value is -3.61. The van der Waals surface area contributed by atoms with E-state index in [4.69, 9.17) is 0 Å². The molecule has 0 radical (unpaired) electrons. The summed E-state index contributed by atoms with van der Waals surface area (Å²) >= 11 is 2.82. The molecule has 0 aliphatic carbocycles. The fourth-order valence-electron chi connectivity index (χ4n) is 3.27. The van der Waals surface area contributed by atoms with Gasteiger partial charge in [0.05, 0.1) is 15.9 Å². The summed E-state index contributed by atoms with van der Waals surface area (Å²) in [4.78, 5) is 19.5. The molecule has 2 aromatic carbocycles. The number of carbonyl (C=O) groups excluding carboxylic acids is 1. The molecule has 178 valence electrons. The van der Waals surface area contributed by atoms with Crippen LogP contribution in [-0.2, 0) is 0 Å². The molecule has 2 N–H and O–H groups in total. The molecular formula is C23H21FN8OS2. The van der Waals surface area contributed by atoms with Crippen LogP contribution in [-0.4, -0.2) is 62.9 Å². The molecule has 12 heteroatoms. The third-order valence-electron chi connectivity index (χ3n) is 5.01. The number of amides is 2. The summed E-state index contributed by atoms with van der Waals surface area (Å²) < 4.78 is 15.9. The normalized spacial score (nSPS) is 11.4. The Labute approximate surface area is 208 Å². The summed E-state index contributed by atoms with van der Waals surface area (Å²) in [6.45, 7) is 1.30. The van der Waals surface area contributed by atoms with Gasteiger partial charge in [0, 0.05) is 23.5 Å². The van der Waals surface area contributed by atoms with Crippen molar-refractivity contribution in [1.82, 2.24) is 35.0 Å². The standard InChI is InChI=1S/C23H21FN8OS2/c1-31(2)12-11-25-21(33)27-22-26-18-8-7-16(13-19(18)35-22)34-23-29-28-20-10-9-17(30-32(20)23)14-3-5-15(24)6-4-14/h3-10,13H,11-12H2,1-2H3,(H2,25,26,27,33). The zero-order chi connectivity index (χ0) is 24.4. The van der Waals surface area contributed by atoms with Crippen LogP contribution in [0.2, 0.25) is 0 Å². The highest BCUT2D eigenvalue weighted by Crippen LogP contribution is 2.33. The van der Waals surface area contributed by atoms with E-state index in [-0.39, 0.29) is 11.8 Å². The van der Waals surface area contributed by atoms with Gasteiger partial charge >= 0.3 is 6.03 Å². The van der Waals surface area contributed by atoms with Crippen molar-refractivity contribution in [1.29, 1.82) is 0 Å². The van der Waals surface area contributed by atoms with Gasteiger partial charge in [0.15, 0.2) is 10.8 Å². The zero-order valence-corrected chi connectivity index (χ0v) is 20.5. The van der Waals surface area contributed by atoms with Crippen molar-refractivity contribution in [3.05, 3.63) is 60.4 Å². The van der Waals surface area contributed by atoms with Crippen LogP contribution in [0.4, 0.5) is 14.3 Å². The van der Waals surface area contributed by atoms with Crippen LogP contribution >= 0.6 is 23.1 Å². The van der Waals surface area contributed by atoms with Crippen molar-refractivity contribution >= 4 is 50.1 Å². The predicted octanol–water partition coefficient (Wildman–Crippen LogP) is 4.37. The summed E-state index contributed by atoms with van der Waals surface area (Å²) in [7, 11) is 3.90. The number of thiazole rings is 1. The number of nitrogens with zero attached hydrogens (tertiary/aromatic N) is 6. The number of urea groups is 1. The first kappa shape index (κ1) is 23.1. The predicted molar refractivity (Wildman–Crippen MR) is 135 cm³/mol. The smallest absolute Gasteiger partial charge is 0.321 e. The van der Waals surface area contributed by atoms with E-state index >= 15 is 0 Å². The highest BCUT2D eigenvalue weighted by molar-refractivity contribution is 7.99. The number of likely N-dealkylation sites (N-methyl/N-ethyl adjacent to an activating group) is 1. The Morgan fingerprint density at radius 1 is 1.11 bits per heavy atom. The van der Waals surface area contributed by atoms with Gasteiger partial charge < -0.3 is 10.2 Å². The molecule has 0 fully saturated rings. The maximum absolute atomic E-state index is 13.3. The zero-order valence-electron chi connectivity index (χ0n) is 18.9. The summed E-state index contributed by atoms with van der Waals surface area (Å²) in [5.74, 6) is -0.294. The molecular weight excluding hydrogens is 487 g/mol. The maximum atomic E-state index is 13.3. The Balaban J connectivity index is 1.33. The van der Waals surface area contributed by atoms with Crippen LogP contribution < -0.4 is 10.6 Å². The number of hydrogen-bond acceptors (Lipinski definition) is 8. The van der Waals surface area contributed by atoms with Crippen LogP contribution in [0.15, 0.2) is 64.6 Å². The van der Waals surface area contributed by atoms with Crippen molar-refractivity contribution in [3.63, 3.8) is 0 Å². The number of halogens is 1. The topological polar surface area (TPSA) is 100 Å². The number of fused-ring (bicyclic) bond motifs is 2. The summed E-state index contributed by atoms with van der Waals surface area (Å²) in [5, 5.41) is 19.9. The fourth-order valence-corrected chi connectivity index (χ4v) is 5.07. The first-order valence-electron chi connectivity index (χ1n) is 10.7. The molecule has 5 rings (SSSR count). The van der Waals surface area contributed by atoms with Gasteiger partial charge in [-0.25, -0.2) is 14.2 Å². The molecule has 0 spiro atoms. The molecule has 0 saturated heterocycles. The highest BCUT2D eigenvalue weighted by atomic mass is 32.2. The molecule has 0 aliphatic rings. The van der Waals surface area contributed by atoms with E-state index in [1.54, 1.807) is 16.6 Å². The molecule has 9 nitrogen and oxygen atoms in total. The second-order valence-electron chi connectivity index (χ2n) is 7.91. The minimum absolute atomic E-state index is 0.279. The average Bonchev–Trinajstić information content (AvgIpc) is 3.42. The lowest BCUT2D eigenvalue weighted by Crippen LogP contribution is -2.34. The quantitative estimate of drug-likeness (QED) is 0.337. The maximum Gasteiger partial charge on any atom is 0.321 e. The van der Waals surface area contributed by atoms with Gasteiger partial charge in [-0.2, -0.15) is 9.61 Å². The van der Waals surface area contributed by atoms with Crippen LogP contribution in [0.3, 0.4) is 0 Å². The lowest BCUT2D eigenvalue weighted by Gasteiger charge is -2.10. The summed E-state index contributed by atoms with van der Waals surface area (Å²) in [6.07, 6.45) is 0. The van der Waals surface area contributed by atoms with E-state index in [0.29, 0.717) is 28.2 Å². The fraction of sp³-hybridized carbons (Fsp3) is 0.174. The lowest BCUT2D eigenvalue weighted by atomic mass is 10.1. The number of anilines is 1. The van der Waals surface area contributed by atoms with Crippen molar-refractivity contribution in [2.24, 2.45) is 0 Å². The largest absolute Gasteiger partial charge is 0.337 e. The van der Waals surface area contributed by atoms with E-state index < -0.39 is 0 Å². The van der Waals surface area contributed by atoms with Gasteiger partial charge in [-0.1, -0.05) is 11.3 Å². The molecule has 0 bridgehead atoms. The molecule has 0 saturated carbocycles. The monoisotopic (exact) mass is 508 g/mol. The summed E-state index contributed by atoms with van der Waals surface area (Å²) in [5.41, 5.74) is 2.90. The average molecular weight is 509 g/mol. The van der Waals surface area contributed by atoms with Gasteiger partial charge in [0.2, 0.25) is 5.16 Å². The number of aromatic nitrogens is 5. The van der Waals surface area contributed by atoms with Gasteiger partial charge in [-0.3, -0.25) is 5.32 Å². The van der Waals surface area contributed by atoms with E-state index in [1.807, 2.05) is 49.3 Å². The van der Waals surface area contributed by atoms with Gasteiger partial charge in [0.1, 0.15) is 5.82 Å². The van der Waals surface area contributed by atoms with Crippen LogP contribution in [0.5, 0.6) is 0 Å². The van der Waals surface area contributed by atoms with Crippen LogP contribution in [0.25, 0.3) is 27.1 Å². The molecule has 0 atom stereocenters.